The highest BCUT2D eigenvalue weighted by Crippen LogP contribution is 2.39. The van der Waals surface area contributed by atoms with E-state index in [1.807, 2.05) is 18.6 Å². The van der Waals surface area contributed by atoms with E-state index in [4.69, 9.17) is 77.9 Å². The van der Waals surface area contributed by atoms with Gasteiger partial charge in [0.25, 0.3) is 19.3 Å². The first-order valence-corrected chi connectivity index (χ1v) is 31.6. The van der Waals surface area contributed by atoms with E-state index >= 15 is 0 Å². The summed E-state index contributed by atoms with van der Waals surface area (Å²) in [6.07, 6.45) is 2.01. The maximum Gasteiger partial charge on any atom is 0.296 e. The quantitative estimate of drug-likeness (QED) is 0.0677. The predicted octanol–water partition coefficient (Wildman–Crippen LogP) is 12.4. The average Bonchev–Trinajstić information content (AvgIpc) is 1.58. The van der Waals surface area contributed by atoms with E-state index in [1.165, 1.54) is 30.5 Å². The zero-order valence-corrected chi connectivity index (χ0v) is 53.8. The lowest BCUT2D eigenvalue weighted by Crippen LogP contribution is -2.37. The summed E-state index contributed by atoms with van der Waals surface area (Å²) < 4.78 is 127. The lowest BCUT2D eigenvalue weighted by atomic mass is 10.1. The third-order valence-corrected chi connectivity index (χ3v) is 17.3. The second-order valence-electron chi connectivity index (χ2n) is 22.2. The minimum absolute atomic E-state index is 0.0590. The van der Waals surface area contributed by atoms with Crippen LogP contribution >= 0.6 is 34.8 Å². The lowest BCUT2D eigenvalue weighted by molar-refractivity contribution is 0.0703. The van der Waals surface area contributed by atoms with E-state index in [-0.39, 0.29) is 40.1 Å². The number of alkyl halides is 6. The van der Waals surface area contributed by atoms with Gasteiger partial charge >= 0.3 is 0 Å². The van der Waals surface area contributed by atoms with E-state index in [1.54, 1.807) is 73.6 Å². The van der Waals surface area contributed by atoms with Gasteiger partial charge in [0.2, 0.25) is 16.5 Å². The predicted molar refractivity (Wildman–Crippen MR) is 341 cm³/mol. The molecular weight excluding hydrogens is 1330 g/mol. The molecule has 4 aliphatic heterocycles. The van der Waals surface area contributed by atoms with Crippen LogP contribution in [0.1, 0.15) is 93.4 Å². The molecule has 35 heteroatoms. The van der Waals surface area contributed by atoms with Gasteiger partial charge in [-0.1, -0.05) is 29.8 Å². The molecular formula is C61H60Cl3F6N19O7. The van der Waals surface area contributed by atoms with E-state index in [2.05, 4.69) is 54.8 Å². The molecule has 4 aliphatic rings. The normalized spacial score (nSPS) is 16.1. The number of nitrogens with one attached hydrogen (secondary N) is 1. The fraction of sp³-hybridized carbons (Fsp3) is 0.410. The number of H-pyrrole nitrogens is 1. The monoisotopic (exact) mass is 1390 g/mol. The number of hydrogen-bond acceptors (Lipinski definition) is 20. The van der Waals surface area contributed by atoms with Crippen molar-refractivity contribution in [1.29, 1.82) is 0 Å². The van der Waals surface area contributed by atoms with E-state index in [0.717, 1.165) is 51.7 Å². The summed E-state index contributed by atoms with van der Waals surface area (Å²) in [5.74, 6) is 0.955. The first-order valence-electron chi connectivity index (χ1n) is 30.5. The maximum absolute atomic E-state index is 14.3. The van der Waals surface area contributed by atoms with Crippen molar-refractivity contribution < 1.29 is 59.5 Å². The van der Waals surface area contributed by atoms with Gasteiger partial charge in [-0.05, 0) is 98.1 Å². The molecule has 0 saturated carbocycles. The summed E-state index contributed by atoms with van der Waals surface area (Å²) in [7, 11) is 4.43. The van der Waals surface area contributed by atoms with E-state index in [9.17, 15) is 26.3 Å². The summed E-state index contributed by atoms with van der Waals surface area (Å²) in [6.45, 7) is 6.41. The maximum atomic E-state index is 14.3. The molecule has 96 heavy (non-hydrogen) atoms. The second kappa shape index (κ2) is 28.9. The Bertz CT molecular complexity index is 4720. The molecule has 0 unspecified atom stereocenters. The molecule has 0 radical (unpaired) electrons. The van der Waals surface area contributed by atoms with Gasteiger partial charge in [0, 0.05) is 70.9 Å². The lowest BCUT2D eigenvalue weighted by Gasteiger charge is -2.28. The highest BCUT2D eigenvalue weighted by Gasteiger charge is 2.31. The third-order valence-electron chi connectivity index (χ3n) is 16.7. The van der Waals surface area contributed by atoms with Gasteiger partial charge < -0.3 is 56.7 Å². The molecule has 0 aliphatic carbocycles. The Hall–Kier alpha value is -8.79. The van der Waals surface area contributed by atoms with Crippen molar-refractivity contribution in [3.63, 3.8) is 0 Å². The number of aromatic amines is 1. The number of halogens is 9. The number of morpholine rings is 1. The number of fused-ring (bicyclic) bond motifs is 6. The Labute approximate surface area is 555 Å². The Morgan fingerprint density at radius 1 is 0.448 bits per heavy atom. The van der Waals surface area contributed by atoms with Crippen LogP contribution in [-0.2, 0) is 18.9 Å². The Kier molecular flexibility index (Phi) is 19.8. The number of methoxy groups -OCH3 is 3. The van der Waals surface area contributed by atoms with Crippen LogP contribution in [0, 0.1) is 0 Å². The summed E-state index contributed by atoms with van der Waals surface area (Å²) in [6, 6.07) is 15.9. The minimum atomic E-state index is -2.84. The highest BCUT2D eigenvalue weighted by molar-refractivity contribution is 6.35. The molecule has 504 valence electrons. The van der Waals surface area contributed by atoms with Crippen molar-refractivity contribution in [1.82, 2.24) is 87.6 Å². The van der Waals surface area contributed by atoms with Gasteiger partial charge in [-0.3, -0.25) is 9.13 Å². The summed E-state index contributed by atoms with van der Waals surface area (Å²) >= 11 is 18.0. The molecule has 9 aromatic heterocycles. The van der Waals surface area contributed by atoms with Crippen molar-refractivity contribution in [3.8, 4) is 28.9 Å². The number of ether oxygens (including phenoxy) is 7. The zero-order valence-electron chi connectivity index (χ0n) is 51.5. The van der Waals surface area contributed by atoms with Crippen LogP contribution in [-0.4, -0.2) is 175 Å². The van der Waals surface area contributed by atoms with Gasteiger partial charge in [-0.15, -0.1) is 0 Å². The summed E-state index contributed by atoms with van der Waals surface area (Å²) in [5.41, 5.74) is 5.72. The summed E-state index contributed by atoms with van der Waals surface area (Å²) in [4.78, 5) is 56.3. The van der Waals surface area contributed by atoms with Crippen LogP contribution < -0.4 is 19.1 Å². The van der Waals surface area contributed by atoms with Crippen LogP contribution in [0.3, 0.4) is 0 Å². The molecule has 4 saturated heterocycles. The van der Waals surface area contributed by atoms with Crippen LogP contribution in [0.15, 0.2) is 73.6 Å². The fourth-order valence-electron chi connectivity index (χ4n) is 12.1. The van der Waals surface area contributed by atoms with Crippen molar-refractivity contribution in [2.45, 2.75) is 75.9 Å². The van der Waals surface area contributed by atoms with Gasteiger partial charge in [0.05, 0.1) is 70.1 Å². The number of para-hydroxylation sites is 3. The summed E-state index contributed by atoms with van der Waals surface area (Å²) in [5, 5.41) is 0.387. The van der Waals surface area contributed by atoms with Crippen LogP contribution in [0.5, 0.6) is 17.2 Å². The van der Waals surface area contributed by atoms with Gasteiger partial charge in [0.1, 0.15) is 39.3 Å². The van der Waals surface area contributed by atoms with E-state index in [0.29, 0.717) is 154 Å². The van der Waals surface area contributed by atoms with E-state index < -0.39 is 30.9 Å². The smallest absolute Gasteiger partial charge is 0.296 e. The van der Waals surface area contributed by atoms with Crippen molar-refractivity contribution in [2.24, 2.45) is 0 Å². The molecule has 16 rings (SSSR count). The topological polar surface area (TPSA) is 263 Å². The zero-order chi connectivity index (χ0) is 66.7. The molecule has 0 amide bonds. The van der Waals surface area contributed by atoms with Crippen molar-refractivity contribution >= 4 is 107 Å². The number of imidazole rings is 6. The largest absolute Gasteiger partial charge is 0.494 e. The highest BCUT2D eigenvalue weighted by atomic mass is 35.5. The Morgan fingerprint density at radius 3 is 1.33 bits per heavy atom. The molecule has 0 atom stereocenters. The fourth-order valence-corrected chi connectivity index (χ4v) is 12.7. The molecule has 1 N–H and O–H groups in total. The van der Waals surface area contributed by atoms with Gasteiger partial charge in [-0.25, -0.2) is 61.2 Å². The molecule has 0 bridgehead atoms. The van der Waals surface area contributed by atoms with Crippen LogP contribution in [0.4, 0.5) is 32.3 Å². The third kappa shape index (κ3) is 13.2. The van der Waals surface area contributed by atoms with Gasteiger partial charge in [0.15, 0.2) is 62.2 Å². The number of benzene rings is 3. The first-order chi connectivity index (χ1) is 46.7. The van der Waals surface area contributed by atoms with Crippen LogP contribution in [0.25, 0.3) is 78.2 Å². The number of hydrogen-bond donors (Lipinski definition) is 1. The average molecular weight is 1390 g/mol. The number of rotatable bonds is 12. The van der Waals surface area contributed by atoms with Crippen molar-refractivity contribution in [2.75, 3.05) is 92.2 Å². The minimum Gasteiger partial charge on any atom is -0.494 e. The Morgan fingerprint density at radius 2 is 0.865 bits per heavy atom. The SMILES string of the molecule is COc1cccc2[nH]c(C(F)F)nc12.COc1cccc2c1nc(C(F)F)n2-c1nc(Cl)nc2c1ncn2C1CCOCC1.COc1cccc2c1nc(C(F)F)n2-c1nc(N2CCOCC2)nc2c1ncn2C1CCOCC1.Clc1nc(Cl)c2ncn(C3CCOCC3)c2n1. The molecule has 13 heterocycles. The molecule has 4 fully saturated rings. The number of nitrogens with zero attached hydrogens (tertiary/aromatic N) is 18. The van der Waals surface area contributed by atoms with Crippen molar-refractivity contribution in [3.05, 3.63) is 107 Å². The molecule has 3 aromatic carbocycles. The number of anilines is 1. The first kappa shape index (κ1) is 65.9. The Balaban J connectivity index is 0.000000123. The molecule has 0 spiro atoms. The standard InChI is InChI=1S/C23H25F2N7O3.C19H17ClF2N6O2.C10H10Cl2N4O.C9H8F2N2O/c1-33-16-4-2-3-15-17(16)27-22(19(24)25)32(15)21-18-20(28-23(29-21)30-7-11-35-12-8-30)31(13-26-18)14-5-9-34-10-6-14;1-29-12-4-2-3-11-13(12)24-18(15(21)22)28(11)17-14-16(25-19(20)26-17)27(9-23-14)10-5-7-30-8-6-10;11-8-7-9(15-10(12)14-8)16(5-13-7)6-1-3-17-4-2-6;1-14-6-4-2-3-5-7(6)13-9(12-5)8(10)11/h2-4,13-14,19H,5-12H2,1H3;2-4,9-10,15H,5-8H2,1H3;5-6H,1-4H2;2-4,8H,1H3,(H,12,13). The van der Waals surface area contributed by atoms with Crippen LogP contribution in [0.2, 0.25) is 15.7 Å². The molecule has 12 aromatic rings. The van der Waals surface area contributed by atoms with Gasteiger partial charge in [-0.2, -0.15) is 24.9 Å². The number of aromatic nitrogens is 18. The molecule has 26 nitrogen and oxygen atoms in total. The second-order valence-corrected chi connectivity index (χ2v) is 23.2.